The molecule has 1 aliphatic heterocycles. The Labute approximate surface area is 79.8 Å². The van der Waals surface area contributed by atoms with Gasteiger partial charge in [0.1, 0.15) is 0 Å². The van der Waals surface area contributed by atoms with Gasteiger partial charge in [-0.2, -0.15) is 0 Å². The van der Waals surface area contributed by atoms with E-state index in [2.05, 4.69) is 5.32 Å². The number of hydrogen-bond acceptors (Lipinski definition) is 2. The van der Waals surface area contributed by atoms with Crippen molar-refractivity contribution in [3.63, 3.8) is 0 Å². The van der Waals surface area contributed by atoms with Crippen molar-refractivity contribution in [2.24, 2.45) is 5.41 Å². The molecule has 3 nitrogen and oxygen atoms in total. The number of amides is 1. The fourth-order valence-corrected chi connectivity index (χ4v) is 1.49. The SMILES string of the molecule is CC(C)NC(=O)C1(C)CCOCC1. The number of rotatable bonds is 2. The summed E-state index contributed by atoms with van der Waals surface area (Å²) in [5.74, 6) is 0.172. The molecule has 0 aromatic heterocycles. The van der Waals surface area contributed by atoms with E-state index in [9.17, 15) is 4.79 Å². The smallest absolute Gasteiger partial charge is 0.226 e. The summed E-state index contributed by atoms with van der Waals surface area (Å²) in [5, 5.41) is 2.96. The molecule has 13 heavy (non-hydrogen) atoms. The van der Waals surface area contributed by atoms with Crippen LogP contribution in [-0.4, -0.2) is 25.2 Å². The summed E-state index contributed by atoms with van der Waals surface area (Å²) in [5.41, 5.74) is -0.206. The predicted octanol–water partition coefficient (Wildman–Crippen LogP) is 1.33. The molecule has 0 radical (unpaired) electrons. The van der Waals surface area contributed by atoms with Crippen LogP contribution >= 0.6 is 0 Å². The number of ether oxygens (including phenoxy) is 1. The standard InChI is InChI=1S/C10H19NO2/c1-8(2)11-9(12)10(3)4-6-13-7-5-10/h8H,4-7H2,1-3H3,(H,11,12). The van der Waals surface area contributed by atoms with Crippen molar-refractivity contribution in [2.75, 3.05) is 13.2 Å². The molecule has 0 aliphatic carbocycles. The molecule has 1 heterocycles. The molecule has 0 unspecified atom stereocenters. The van der Waals surface area contributed by atoms with Crippen molar-refractivity contribution in [1.29, 1.82) is 0 Å². The van der Waals surface area contributed by atoms with E-state index in [-0.39, 0.29) is 17.4 Å². The van der Waals surface area contributed by atoms with Crippen molar-refractivity contribution in [2.45, 2.75) is 39.7 Å². The Hall–Kier alpha value is -0.570. The highest BCUT2D eigenvalue weighted by Crippen LogP contribution is 2.29. The van der Waals surface area contributed by atoms with Crippen molar-refractivity contribution in [3.8, 4) is 0 Å². The maximum Gasteiger partial charge on any atom is 0.226 e. The minimum absolute atomic E-state index is 0.172. The van der Waals surface area contributed by atoms with Crippen LogP contribution in [0.5, 0.6) is 0 Å². The lowest BCUT2D eigenvalue weighted by Crippen LogP contribution is -2.45. The average Bonchev–Trinajstić information content (AvgIpc) is 2.04. The summed E-state index contributed by atoms with van der Waals surface area (Å²) in [6, 6.07) is 0.229. The molecule has 76 valence electrons. The normalized spacial score (nSPS) is 21.5. The number of carbonyl (C=O) groups excluding carboxylic acids is 1. The molecule has 1 saturated heterocycles. The van der Waals surface area contributed by atoms with Crippen LogP contribution in [0.15, 0.2) is 0 Å². The molecule has 1 fully saturated rings. The van der Waals surface area contributed by atoms with Gasteiger partial charge in [-0.3, -0.25) is 4.79 Å². The predicted molar refractivity (Wildman–Crippen MR) is 51.4 cm³/mol. The van der Waals surface area contributed by atoms with Crippen molar-refractivity contribution in [3.05, 3.63) is 0 Å². The Balaban J connectivity index is 2.51. The Morgan fingerprint density at radius 3 is 2.38 bits per heavy atom. The van der Waals surface area contributed by atoms with E-state index in [1.807, 2.05) is 20.8 Å². The van der Waals surface area contributed by atoms with E-state index in [1.54, 1.807) is 0 Å². The van der Waals surface area contributed by atoms with Gasteiger partial charge < -0.3 is 10.1 Å². The number of hydrogen-bond donors (Lipinski definition) is 1. The van der Waals surface area contributed by atoms with Gasteiger partial charge in [-0.1, -0.05) is 6.92 Å². The van der Waals surface area contributed by atoms with E-state index < -0.39 is 0 Å². The highest BCUT2D eigenvalue weighted by atomic mass is 16.5. The summed E-state index contributed by atoms with van der Waals surface area (Å²) in [6.07, 6.45) is 1.68. The van der Waals surface area contributed by atoms with E-state index in [1.165, 1.54) is 0 Å². The van der Waals surface area contributed by atoms with Gasteiger partial charge >= 0.3 is 0 Å². The molecule has 1 aliphatic rings. The second-order valence-corrected chi connectivity index (χ2v) is 4.30. The quantitative estimate of drug-likeness (QED) is 0.704. The second-order valence-electron chi connectivity index (χ2n) is 4.30. The molecule has 0 bridgehead atoms. The first-order chi connectivity index (χ1) is 6.04. The summed E-state index contributed by atoms with van der Waals surface area (Å²) in [4.78, 5) is 11.8. The lowest BCUT2D eigenvalue weighted by atomic mass is 9.81. The van der Waals surface area contributed by atoms with Crippen LogP contribution in [0.1, 0.15) is 33.6 Å². The van der Waals surface area contributed by atoms with E-state index in [4.69, 9.17) is 4.74 Å². The van der Waals surface area contributed by atoms with Gasteiger partial charge in [0, 0.05) is 19.3 Å². The second kappa shape index (κ2) is 4.09. The van der Waals surface area contributed by atoms with Gasteiger partial charge in [-0.15, -0.1) is 0 Å². The minimum atomic E-state index is -0.206. The first-order valence-corrected chi connectivity index (χ1v) is 4.93. The zero-order valence-electron chi connectivity index (χ0n) is 8.72. The van der Waals surface area contributed by atoms with Gasteiger partial charge in [0.25, 0.3) is 0 Å². The first-order valence-electron chi connectivity index (χ1n) is 4.93. The molecule has 0 saturated carbocycles. The third-order valence-corrected chi connectivity index (χ3v) is 2.56. The third-order valence-electron chi connectivity index (χ3n) is 2.56. The molecule has 0 aromatic rings. The Morgan fingerprint density at radius 2 is 1.92 bits per heavy atom. The highest BCUT2D eigenvalue weighted by Gasteiger charge is 2.35. The van der Waals surface area contributed by atoms with E-state index in [0.717, 1.165) is 12.8 Å². The lowest BCUT2D eigenvalue weighted by molar-refractivity contribution is -0.135. The molecule has 0 aromatic carbocycles. The van der Waals surface area contributed by atoms with Crippen molar-refractivity contribution >= 4 is 5.91 Å². The Kier molecular flexibility index (Phi) is 3.31. The summed E-state index contributed by atoms with van der Waals surface area (Å²) in [6.45, 7) is 7.42. The maximum absolute atomic E-state index is 11.8. The molecule has 1 N–H and O–H groups in total. The fourth-order valence-electron chi connectivity index (χ4n) is 1.49. The van der Waals surface area contributed by atoms with Crippen LogP contribution in [0.25, 0.3) is 0 Å². The van der Waals surface area contributed by atoms with Gasteiger partial charge in [-0.25, -0.2) is 0 Å². The largest absolute Gasteiger partial charge is 0.381 e. The number of nitrogens with one attached hydrogen (secondary N) is 1. The molecule has 3 heteroatoms. The van der Waals surface area contributed by atoms with Crippen molar-refractivity contribution < 1.29 is 9.53 Å². The molecule has 0 atom stereocenters. The van der Waals surface area contributed by atoms with E-state index in [0.29, 0.717) is 13.2 Å². The lowest BCUT2D eigenvalue weighted by Gasteiger charge is -2.32. The number of carbonyl (C=O) groups is 1. The molecular weight excluding hydrogens is 166 g/mol. The van der Waals surface area contributed by atoms with Gasteiger partial charge in [0.05, 0.1) is 5.41 Å². The van der Waals surface area contributed by atoms with Gasteiger partial charge in [0.15, 0.2) is 0 Å². The summed E-state index contributed by atoms with van der Waals surface area (Å²) in [7, 11) is 0. The highest BCUT2D eigenvalue weighted by molar-refractivity contribution is 5.82. The Morgan fingerprint density at radius 1 is 1.38 bits per heavy atom. The zero-order chi connectivity index (χ0) is 9.90. The third kappa shape index (κ3) is 2.69. The van der Waals surface area contributed by atoms with Gasteiger partial charge in [0.2, 0.25) is 5.91 Å². The van der Waals surface area contributed by atoms with Crippen LogP contribution in [0.2, 0.25) is 0 Å². The topological polar surface area (TPSA) is 38.3 Å². The molecule has 0 spiro atoms. The zero-order valence-corrected chi connectivity index (χ0v) is 8.72. The van der Waals surface area contributed by atoms with Crippen LogP contribution in [0.4, 0.5) is 0 Å². The average molecular weight is 185 g/mol. The summed E-state index contributed by atoms with van der Waals surface area (Å²) >= 11 is 0. The first kappa shape index (κ1) is 10.5. The fraction of sp³-hybridized carbons (Fsp3) is 0.900. The van der Waals surface area contributed by atoms with Gasteiger partial charge in [-0.05, 0) is 26.7 Å². The minimum Gasteiger partial charge on any atom is -0.381 e. The van der Waals surface area contributed by atoms with E-state index >= 15 is 0 Å². The van der Waals surface area contributed by atoms with Crippen LogP contribution in [-0.2, 0) is 9.53 Å². The Bertz CT molecular complexity index is 183. The molecule has 1 amide bonds. The van der Waals surface area contributed by atoms with Crippen LogP contribution in [0, 0.1) is 5.41 Å². The van der Waals surface area contributed by atoms with Crippen LogP contribution in [0.3, 0.4) is 0 Å². The molecule has 1 rings (SSSR count). The van der Waals surface area contributed by atoms with Crippen LogP contribution < -0.4 is 5.32 Å². The summed E-state index contributed by atoms with van der Waals surface area (Å²) < 4.78 is 5.24. The maximum atomic E-state index is 11.8. The van der Waals surface area contributed by atoms with Crippen molar-refractivity contribution in [1.82, 2.24) is 5.32 Å². The monoisotopic (exact) mass is 185 g/mol. The molecular formula is C10H19NO2.